The number of aryl methyl sites for hydroxylation is 1. The van der Waals surface area contributed by atoms with Crippen LogP contribution < -0.4 is 5.32 Å². The molecule has 0 aromatic carbocycles. The molecule has 3 atom stereocenters. The second-order valence-electron chi connectivity index (χ2n) is 5.34. The summed E-state index contributed by atoms with van der Waals surface area (Å²) in [5.41, 5.74) is 1.14. The molecule has 4 nitrogen and oxygen atoms in total. The zero-order chi connectivity index (χ0) is 12.3. The van der Waals surface area contributed by atoms with Crippen molar-refractivity contribution in [1.82, 2.24) is 20.3 Å². The van der Waals surface area contributed by atoms with Crippen molar-refractivity contribution in [1.29, 1.82) is 0 Å². The molecule has 0 aliphatic heterocycles. The third-order valence-corrected chi connectivity index (χ3v) is 4.00. The Morgan fingerprint density at radius 1 is 1.47 bits per heavy atom. The highest BCUT2D eigenvalue weighted by Crippen LogP contribution is 2.33. The number of nitrogens with zero attached hydrogens (tertiary/aromatic N) is 3. The van der Waals surface area contributed by atoms with E-state index in [-0.39, 0.29) is 0 Å². The van der Waals surface area contributed by atoms with Crippen molar-refractivity contribution in [3.8, 4) is 0 Å². The van der Waals surface area contributed by atoms with Gasteiger partial charge in [0.15, 0.2) is 0 Å². The summed E-state index contributed by atoms with van der Waals surface area (Å²) in [6, 6.07) is 0.705. The Morgan fingerprint density at radius 2 is 2.29 bits per heavy atom. The standard InChI is InChI=1S/C13H24N4/c1-4-7-14-13-6-5-11(10(13)2)8-12-9-17(3)16-15-12/h9-11,13-14H,4-8H2,1-3H3. The average Bonchev–Trinajstić information content (AvgIpc) is 2.86. The molecule has 1 aromatic heterocycles. The van der Waals surface area contributed by atoms with Crippen LogP contribution in [-0.2, 0) is 13.5 Å². The second-order valence-corrected chi connectivity index (χ2v) is 5.34. The third-order valence-electron chi connectivity index (χ3n) is 4.00. The molecule has 1 aliphatic carbocycles. The second kappa shape index (κ2) is 5.63. The molecular weight excluding hydrogens is 212 g/mol. The fraction of sp³-hybridized carbons (Fsp3) is 0.846. The maximum atomic E-state index is 4.19. The van der Waals surface area contributed by atoms with E-state index in [1.54, 1.807) is 4.68 Å². The molecule has 1 N–H and O–H groups in total. The summed E-state index contributed by atoms with van der Waals surface area (Å²) in [6.07, 6.45) is 6.97. The highest BCUT2D eigenvalue weighted by atomic mass is 15.4. The van der Waals surface area contributed by atoms with Gasteiger partial charge >= 0.3 is 0 Å². The molecule has 1 fully saturated rings. The van der Waals surface area contributed by atoms with Crippen molar-refractivity contribution in [2.24, 2.45) is 18.9 Å². The highest BCUT2D eigenvalue weighted by Gasteiger charge is 2.32. The predicted molar refractivity (Wildman–Crippen MR) is 68.7 cm³/mol. The lowest BCUT2D eigenvalue weighted by atomic mass is 9.91. The van der Waals surface area contributed by atoms with Crippen LogP contribution in [0.4, 0.5) is 0 Å². The molecule has 4 heteroatoms. The lowest BCUT2D eigenvalue weighted by molar-refractivity contribution is 0.349. The first-order chi connectivity index (χ1) is 8.20. The summed E-state index contributed by atoms with van der Waals surface area (Å²) in [5, 5.41) is 11.9. The summed E-state index contributed by atoms with van der Waals surface area (Å²) in [5.74, 6) is 1.52. The van der Waals surface area contributed by atoms with Crippen molar-refractivity contribution >= 4 is 0 Å². The van der Waals surface area contributed by atoms with E-state index >= 15 is 0 Å². The summed E-state index contributed by atoms with van der Waals surface area (Å²) >= 11 is 0. The Morgan fingerprint density at radius 3 is 2.94 bits per heavy atom. The van der Waals surface area contributed by atoms with Gasteiger partial charge in [0.2, 0.25) is 0 Å². The molecular formula is C13H24N4. The van der Waals surface area contributed by atoms with Crippen LogP contribution in [0.25, 0.3) is 0 Å². The monoisotopic (exact) mass is 236 g/mol. The molecule has 0 radical (unpaired) electrons. The van der Waals surface area contributed by atoms with E-state index in [1.807, 2.05) is 13.2 Å². The minimum atomic E-state index is 0.705. The third kappa shape index (κ3) is 3.06. The molecule has 96 valence electrons. The molecule has 0 amide bonds. The van der Waals surface area contributed by atoms with E-state index in [9.17, 15) is 0 Å². The number of aromatic nitrogens is 3. The summed E-state index contributed by atoms with van der Waals surface area (Å²) in [7, 11) is 1.93. The highest BCUT2D eigenvalue weighted by molar-refractivity contribution is 4.98. The number of nitrogens with one attached hydrogen (secondary N) is 1. The molecule has 2 rings (SSSR count). The molecule has 0 spiro atoms. The zero-order valence-corrected chi connectivity index (χ0v) is 11.2. The Kier molecular flexibility index (Phi) is 4.15. The van der Waals surface area contributed by atoms with Gasteiger partial charge in [-0.25, -0.2) is 0 Å². The maximum absolute atomic E-state index is 4.19. The summed E-state index contributed by atoms with van der Waals surface area (Å²) in [4.78, 5) is 0. The number of hydrogen-bond acceptors (Lipinski definition) is 3. The van der Waals surface area contributed by atoms with Crippen LogP contribution >= 0.6 is 0 Å². The number of rotatable bonds is 5. The summed E-state index contributed by atoms with van der Waals surface area (Å²) < 4.78 is 1.79. The average molecular weight is 236 g/mol. The first-order valence-electron chi connectivity index (χ1n) is 6.79. The topological polar surface area (TPSA) is 42.7 Å². The molecule has 0 bridgehead atoms. The van der Waals surface area contributed by atoms with Gasteiger partial charge in [-0.05, 0) is 44.1 Å². The maximum Gasteiger partial charge on any atom is 0.0829 e. The largest absolute Gasteiger partial charge is 0.314 e. The van der Waals surface area contributed by atoms with Crippen molar-refractivity contribution in [3.05, 3.63) is 11.9 Å². The normalized spacial score (nSPS) is 28.8. The lowest BCUT2D eigenvalue weighted by Gasteiger charge is -2.21. The minimum absolute atomic E-state index is 0.705. The SMILES string of the molecule is CCCNC1CCC(Cc2cn(C)nn2)C1C. The van der Waals surface area contributed by atoms with E-state index in [0.29, 0.717) is 6.04 Å². The van der Waals surface area contributed by atoms with E-state index < -0.39 is 0 Å². The van der Waals surface area contributed by atoms with Crippen LogP contribution in [0, 0.1) is 11.8 Å². The molecule has 1 aromatic rings. The molecule has 1 saturated carbocycles. The van der Waals surface area contributed by atoms with E-state index in [4.69, 9.17) is 0 Å². The Labute approximate surface area is 104 Å². The van der Waals surface area contributed by atoms with E-state index in [2.05, 4.69) is 29.5 Å². The zero-order valence-electron chi connectivity index (χ0n) is 11.2. The van der Waals surface area contributed by atoms with Crippen LogP contribution in [-0.4, -0.2) is 27.6 Å². The number of hydrogen-bond donors (Lipinski definition) is 1. The van der Waals surface area contributed by atoms with E-state index in [0.717, 1.165) is 30.5 Å². The first kappa shape index (κ1) is 12.6. The Balaban J connectivity index is 1.86. The van der Waals surface area contributed by atoms with Crippen molar-refractivity contribution in [3.63, 3.8) is 0 Å². The smallest absolute Gasteiger partial charge is 0.0829 e. The van der Waals surface area contributed by atoms with Crippen molar-refractivity contribution in [2.75, 3.05) is 6.54 Å². The molecule has 0 saturated heterocycles. The van der Waals surface area contributed by atoms with Gasteiger partial charge in [0.25, 0.3) is 0 Å². The molecule has 1 heterocycles. The molecule has 3 unspecified atom stereocenters. The van der Waals surface area contributed by atoms with Crippen LogP contribution in [0.3, 0.4) is 0 Å². The molecule has 1 aliphatic rings. The van der Waals surface area contributed by atoms with Crippen LogP contribution in [0.15, 0.2) is 6.20 Å². The fourth-order valence-corrected chi connectivity index (χ4v) is 2.91. The van der Waals surface area contributed by atoms with Crippen LogP contribution in [0.2, 0.25) is 0 Å². The van der Waals surface area contributed by atoms with Gasteiger partial charge in [-0.2, -0.15) is 0 Å². The van der Waals surface area contributed by atoms with Gasteiger partial charge in [-0.15, -0.1) is 5.10 Å². The summed E-state index contributed by atoms with van der Waals surface area (Å²) in [6.45, 7) is 5.75. The predicted octanol–water partition coefficient (Wildman–Crippen LogP) is 1.77. The van der Waals surface area contributed by atoms with Gasteiger partial charge in [0.05, 0.1) is 5.69 Å². The lowest BCUT2D eigenvalue weighted by Crippen LogP contribution is -2.33. The quantitative estimate of drug-likeness (QED) is 0.847. The van der Waals surface area contributed by atoms with Gasteiger partial charge in [-0.1, -0.05) is 19.1 Å². The van der Waals surface area contributed by atoms with Gasteiger partial charge in [0, 0.05) is 19.3 Å². The van der Waals surface area contributed by atoms with Crippen molar-refractivity contribution in [2.45, 2.75) is 45.6 Å². The van der Waals surface area contributed by atoms with Gasteiger partial charge in [-0.3, -0.25) is 4.68 Å². The van der Waals surface area contributed by atoms with Crippen LogP contribution in [0.5, 0.6) is 0 Å². The Bertz CT molecular complexity index is 347. The van der Waals surface area contributed by atoms with Crippen molar-refractivity contribution < 1.29 is 0 Å². The molecule has 17 heavy (non-hydrogen) atoms. The van der Waals surface area contributed by atoms with E-state index in [1.165, 1.54) is 19.3 Å². The van der Waals surface area contributed by atoms with Crippen LogP contribution in [0.1, 0.15) is 38.8 Å². The Hall–Kier alpha value is -0.900. The van der Waals surface area contributed by atoms with Gasteiger partial charge < -0.3 is 5.32 Å². The van der Waals surface area contributed by atoms with Gasteiger partial charge in [0.1, 0.15) is 0 Å². The first-order valence-corrected chi connectivity index (χ1v) is 6.79. The minimum Gasteiger partial charge on any atom is -0.314 e. The fourth-order valence-electron chi connectivity index (χ4n) is 2.91.